The predicted octanol–water partition coefficient (Wildman–Crippen LogP) is 2.87. The Morgan fingerprint density at radius 1 is 1.29 bits per heavy atom. The number of hydrogen-bond acceptors (Lipinski definition) is 3. The van der Waals surface area contributed by atoms with Gasteiger partial charge in [0, 0.05) is 31.1 Å². The van der Waals surface area contributed by atoms with Gasteiger partial charge >= 0.3 is 0 Å². The summed E-state index contributed by atoms with van der Waals surface area (Å²) in [5, 5.41) is 6.75. The average Bonchev–Trinajstić information content (AvgIpc) is 2.45. The van der Waals surface area contributed by atoms with Crippen LogP contribution in [0.1, 0.15) is 38.8 Å². The van der Waals surface area contributed by atoms with Crippen molar-refractivity contribution in [3.05, 3.63) is 29.3 Å². The molecular weight excluding hydrogens is 302 g/mol. The van der Waals surface area contributed by atoms with E-state index in [1.165, 1.54) is 5.56 Å². The monoisotopic (exact) mass is 333 g/mol. The minimum Gasteiger partial charge on any atom is -0.488 e. The highest BCUT2D eigenvalue weighted by molar-refractivity contribution is 5.79. The van der Waals surface area contributed by atoms with Gasteiger partial charge in [0.25, 0.3) is 0 Å². The molecule has 2 N–H and O–H groups in total. The van der Waals surface area contributed by atoms with Gasteiger partial charge in [0.1, 0.15) is 11.4 Å². The molecule has 0 spiro atoms. The molecule has 0 bridgehead atoms. The third-order valence-electron chi connectivity index (χ3n) is 3.89. The van der Waals surface area contributed by atoms with E-state index in [9.17, 15) is 0 Å². The quantitative estimate of drug-likeness (QED) is 0.643. The lowest BCUT2D eigenvalue weighted by atomic mass is 9.89. The topological polar surface area (TPSA) is 54.9 Å². The fraction of sp³-hybridized carbons (Fsp3) is 0.632. The van der Waals surface area contributed by atoms with Crippen molar-refractivity contribution in [2.45, 2.75) is 46.8 Å². The van der Waals surface area contributed by atoms with Crippen molar-refractivity contribution in [1.29, 1.82) is 0 Å². The van der Waals surface area contributed by atoms with Gasteiger partial charge in [-0.15, -0.1) is 0 Å². The third kappa shape index (κ3) is 5.41. The molecule has 0 atom stereocenters. The van der Waals surface area contributed by atoms with Gasteiger partial charge in [0.05, 0.1) is 13.2 Å². The Kier molecular flexibility index (Phi) is 5.75. The van der Waals surface area contributed by atoms with E-state index in [2.05, 4.69) is 68.4 Å². The van der Waals surface area contributed by atoms with Crippen LogP contribution >= 0.6 is 0 Å². The molecule has 5 nitrogen and oxygen atoms in total. The number of benzene rings is 1. The summed E-state index contributed by atoms with van der Waals surface area (Å²) in [5.74, 6) is 1.72. The predicted molar refractivity (Wildman–Crippen MR) is 98.7 cm³/mol. The number of ether oxygens (including phenoxy) is 2. The number of guanidine groups is 1. The van der Waals surface area contributed by atoms with Crippen molar-refractivity contribution in [2.75, 3.05) is 26.8 Å². The molecule has 1 heterocycles. The molecule has 1 aromatic carbocycles. The van der Waals surface area contributed by atoms with Gasteiger partial charge in [-0.1, -0.05) is 19.1 Å². The number of aliphatic imine (C=N–C) groups is 1. The second-order valence-electron chi connectivity index (χ2n) is 7.91. The van der Waals surface area contributed by atoms with E-state index in [1.807, 2.05) is 0 Å². The molecule has 1 aliphatic rings. The van der Waals surface area contributed by atoms with E-state index in [0.717, 1.165) is 37.0 Å². The molecule has 24 heavy (non-hydrogen) atoms. The Balaban J connectivity index is 1.96. The second kappa shape index (κ2) is 7.43. The van der Waals surface area contributed by atoms with Gasteiger partial charge in [-0.2, -0.15) is 0 Å². The second-order valence-corrected chi connectivity index (χ2v) is 7.91. The summed E-state index contributed by atoms with van der Waals surface area (Å²) < 4.78 is 11.4. The van der Waals surface area contributed by atoms with Crippen molar-refractivity contribution in [1.82, 2.24) is 10.6 Å². The summed E-state index contributed by atoms with van der Waals surface area (Å²) in [7, 11) is 1.79. The standard InChI is InChI=1S/C19H31N3O2/c1-14-7-8-15(16(9-14)24-18(2,3)4)10-21-17(20-6)22-11-19(5)12-23-13-19/h7-9H,10-13H2,1-6H3,(H2,20,21,22). The fourth-order valence-electron chi connectivity index (χ4n) is 2.48. The van der Waals surface area contributed by atoms with Crippen LogP contribution in [-0.4, -0.2) is 38.4 Å². The Bertz CT molecular complexity index is 587. The number of aryl methyl sites for hydroxylation is 1. The van der Waals surface area contributed by atoms with Crippen LogP contribution in [0.2, 0.25) is 0 Å². The third-order valence-corrected chi connectivity index (χ3v) is 3.89. The Morgan fingerprint density at radius 2 is 2.00 bits per heavy atom. The highest BCUT2D eigenvalue weighted by atomic mass is 16.5. The Morgan fingerprint density at radius 3 is 2.54 bits per heavy atom. The van der Waals surface area contributed by atoms with E-state index in [1.54, 1.807) is 7.05 Å². The largest absolute Gasteiger partial charge is 0.488 e. The molecule has 5 heteroatoms. The molecule has 0 aromatic heterocycles. The Hall–Kier alpha value is -1.75. The molecular formula is C19H31N3O2. The highest BCUT2D eigenvalue weighted by Crippen LogP contribution is 2.26. The molecule has 134 valence electrons. The van der Waals surface area contributed by atoms with Gasteiger partial charge in [-0.25, -0.2) is 0 Å². The minimum atomic E-state index is -0.221. The zero-order valence-electron chi connectivity index (χ0n) is 15.8. The molecule has 1 aliphatic heterocycles. The molecule has 0 amide bonds. The molecule has 0 unspecified atom stereocenters. The first-order valence-electron chi connectivity index (χ1n) is 8.52. The molecule has 2 rings (SSSR count). The summed E-state index contributed by atoms with van der Waals surface area (Å²) >= 11 is 0. The number of hydrogen-bond donors (Lipinski definition) is 2. The first kappa shape index (κ1) is 18.6. The van der Waals surface area contributed by atoms with Crippen LogP contribution in [0.15, 0.2) is 23.2 Å². The summed E-state index contributed by atoms with van der Waals surface area (Å²) in [4.78, 5) is 4.30. The fourth-order valence-corrected chi connectivity index (χ4v) is 2.48. The maximum atomic E-state index is 6.10. The van der Waals surface area contributed by atoms with Crippen molar-refractivity contribution < 1.29 is 9.47 Å². The van der Waals surface area contributed by atoms with Crippen LogP contribution in [-0.2, 0) is 11.3 Å². The normalized spacial score (nSPS) is 17.2. The van der Waals surface area contributed by atoms with Crippen LogP contribution in [0.5, 0.6) is 5.75 Å². The summed E-state index contributed by atoms with van der Waals surface area (Å²) in [5.41, 5.74) is 2.30. The van der Waals surface area contributed by atoms with Gasteiger partial charge < -0.3 is 20.1 Å². The van der Waals surface area contributed by atoms with Gasteiger partial charge in [0.2, 0.25) is 0 Å². The van der Waals surface area contributed by atoms with Crippen molar-refractivity contribution >= 4 is 5.96 Å². The van der Waals surface area contributed by atoms with Crippen LogP contribution < -0.4 is 15.4 Å². The van der Waals surface area contributed by atoms with Crippen LogP contribution in [0.4, 0.5) is 0 Å². The summed E-state index contributed by atoms with van der Waals surface area (Å²) in [6.45, 7) is 13.6. The van der Waals surface area contributed by atoms with Crippen molar-refractivity contribution in [3.8, 4) is 5.75 Å². The highest BCUT2D eigenvalue weighted by Gasteiger charge is 2.33. The smallest absolute Gasteiger partial charge is 0.191 e. The lowest BCUT2D eigenvalue weighted by Crippen LogP contribution is -2.50. The van der Waals surface area contributed by atoms with Gasteiger partial charge in [-0.3, -0.25) is 4.99 Å². The van der Waals surface area contributed by atoms with Crippen LogP contribution in [0.3, 0.4) is 0 Å². The van der Waals surface area contributed by atoms with E-state index >= 15 is 0 Å². The lowest BCUT2D eigenvalue weighted by Gasteiger charge is -2.38. The van der Waals surface area contributed by atoms with Crippen LogP contribution in [0.25, 0.3) is 0 Å². The maximum absolute atomic E-state index is 6.10. The first-order valence-corrected chi connectivity index (χ1v) is 8.52. The maximum Gasteiger partial charge on any atom is 0.191 e. The molecule has 1 saturated heterocycles. The molecule has 1 fully saturated rings. The number of nitrogens with one attached hydrogen (secondary N) is 2. The van der Waals surface area contributed by atoms with E-state index < -0.39 is 0 Å². The van der Waals surface area contributed by atoms with Crippen LogP contribution in [0, 0.1) is 12.3 Å². The SMILES string of the molecule is CN=C(NCc1ccc(C)cc1OC(C)(C)C)NCC1(C)COC1. The number of rotatable bonds is 5. The lowest BCUT2D eigenvalue weighted by molar-refractivity contribution is -0.0971. The molecule has 1 aromatic rings. The summed E-state index contributed by atoms with van der Waals surface area (Å²) in [6, 6.07) is 6.30. The zero-order valence-corrected chi connectivity index (χ0v) is 15.8. The molecule has 0 saturated carbocycles. The average molecular weight is 333 g/mol. The summed E-state index contributed by atoms with van der Waals surface area (Å²) in [6.07, 6.45) is 0. The molecule has 0 aliphatic carbocycles. The molecule has 0 radical (unpaired) electrons. The van der Waals surface area contributed by atoms with E-state index in [-0.39, 0.29) is 11.0 Å². The number of nitrogens with zero attached hydrogens (tertiary/aromatic N) is 1. The van der Waals surface area contributed by atoms with E-state index in [4.69, 9.17) is 9.47 Å². The van der Waals surface area contributed by atoms with Gasteiger partial charge in [-0.05, 0) is 39.3 Å². The zero-order chi connectivity index (χ0) is 17.8. The van der Waals surface area contributed by atoms with E-state index in [0.29, 0.717) is 6.54 Å². The first-order chi connectivity index (χ1) is 11.2. The Labute approximate surface area is 145 Å². The van der Waals surface area contributed by atoms with Gasteiger partial charge in [0.15, 0.2) is 5.96 Å². The van der Waals surface area contributed by atoms with Crippen molar-refractivity contribution in [2.24, 2.45) is 10.4 Å². The van der Waals surface area contributed by atoms with Crippen molar-refractivity contribution in [3.63, 3.8) is 0 Å². The minimum absolute atomic E-state index is 0.210.